The van der Waals surface area contributed by atoms with E-state index in [1.54, 1.807) is 34.4 Å². The van der Waals surface area contributed by atoms with Gasteiger partial charge in [-0.2, -0.15) is 0 Å². The fraction of sp³-hybridized carbons (Fsp3) is 0.278. The molecule has 0 bridgehead atoms. The topological polar surface area (TPSA) is 61.9 Å². The summed E-state index contributed by atoms with van der Waals surface area (Å²) in [6, 6.07) is 10.8. The number of amides is 1. The molecule has 1 amide bonds. The van der Waals surface area contributed by atoms with Gasteiger partial charge in [-0.1, -0.05) is 36.0 Å². The van der Waals surface area contributed by atoms with Crippen molar-refractivity contribution in [3.63, 3.8) is 0 Å². The molecule has 2 heterocycles. The van der Waals surface area contributed by atoms with E-state index in [1.807, 2.05) is 17.5 Å². The van der Waals surface area contributed by atoms with Crippen LogP contribution in [0.1, 0.15) is 18.4 Å². The Kier molecular flexibility index (Phi) is 5.03. The summed E-state index contributed by atoms with van der Waals surface area (Å²) in [7, 11) is 0. The zero-order valence-electron chi connectivity index (χ0n) is 13.9. The largest absolute Gasteiger partial charge is 0.335 e. The lowest BCUT2D eigenvalue weighted by Gasteiger charge is -2.22. The van der Waals surface area contributed by atoms with Crippen molar-refractivity contribution in [3.8, 4) is 10.7 Å². The highest BCUT2D eigenvalue weighted by Crippen LogP contribution is 2.30. The van der Waals surface area contributed by atoms with Crippen LogP contribution in [0, 0.1) is 5.82 Å². The second kappa shape index (κ2) is 7.59. The third-order valence-corrected chi connectivity index (χ3v) is 5.86. The van der Waals surface area contributed by atoms with Crippen LogP contribution in [0.3, 0.4) is 0 Å². The van der Waals surface area contributed by atoms with Gasteiger partial charge in [0.15, 0.2) is 5.82 Å². The van der Waals surface area contributed by atoms with E-state index < -0.39 is 0 Å². The van der Waals surface area contributed by atoms with E-state index in [1.165, 1.54) is 17.8 Å². The van der Waals surface area contributed by atoms with E-state index in [9.17, 15) is 9.18 Å². The molecule has 1 saturated carbocycles. The molecule has 1 aliphatic carbocycles. The van der Waals surface area contributed by atoms with E-state index in [4.69, 9.17) is 0 Å². The average Bonchev–Trinajstić information content (AvgIpc) is 3.14. The smallest absolute Gasteiger partial charge is 0.233 e. The summed E-state index contributed by atoms with van der Waals surface area (Å²) in [6.45, 7) is 0.311. The van der Waals surface area contributed by atoms with Crippen LogP contribution < -0.4 is 0 Å². The van der Waals surface area contributed by atoms with Crippen molar-refractivity contribution in [1.29, 1.82) is 0 Å². The number of hydrogen-bond acceptors (Lipinski definition) is 5. The zero-order valence-corrected chi connectivity index (χ0v) is 15.5. The number of carbonyl (C=O) groups excluding carboxylic acids is 1. The van der Waals surface area contributed by atoms with Gasteiger partial charge < -0.3 is 4.90 Å². The van der Waals surface area contributed by atoms with Crippen LogP contribution in [0.2, 0.25) is 0 Å². The molecule has 1 aromatic carbocycles. The Morgan fingerprint density at radius 3 is 2.88 bits per heavy atom. The fourth-order valence-corrected chi connectivity index (χ4v) is 4.01. The van der Waals surface area contributed by atoms with Gasteiger partial charge in [0.05, 0.1) is 10.6 Å². The number of carbonyl (C=O) groups is 1. The molecule has 0 saturated heterocycles. The quantitative estimate of drug-likeness (QED) is 0.623. The molecule has 8 heteroatoms. The molecule has 4 rings (SSSR count). The minimum Gasteiger partial charge on any atom is -0.335 e. The SMILES string of the molecule is O=C(CSc1n[nH]c(-c2cccs2)n1)N(Cc1ccccc1F)C1CC1. The number of aromatic nitrogens is 3. The maximum absolute atomic E-state index is 13.9. The highest BCUT2D eigenvalue weighted by molar-refractivity contribution is 7.99. The van der Waals surface area contributed by atoms with Crippen molar-refractivity contribution in [1.82, 2.24) is 20.1 Å². The lowest BCUT2D eigenvalue weighted by molar-refractivity contribution is -0.129. The third kappa shape index (κ3) is 3.96. The fourth-order valence-electron chi connectivity index (χ4n) is 2.66. The van der Waals surface area contributed by atoms with Gasteiger partial charge in [0.25, 0.3) is 0 Å². The second-order valence-electron chi connectivity index (χ2n) is 6.08. The van der Waals surface area contributed by atoms with Gasteiger partial charge in [-0.15, -0.1) is 16.4 Å². The van der Waals surface area contributed by atoms with E-state index >= 15 is 0 Å². The van der Waals surface area contributed by atoms with Crippen LogP contribution in [-0.4, -0.2) is 37.8 Å². The zero-order chi connectivity index (χ0) is 17.9. The summed E-state index contributed by atoms with van der Waals surface area (Å²) in [5.41, 5.74) is 0.552. The van der Waals surface area contributed by atoms with Crippen LogP contribution in [0.4, 0.5) is 4.39 Å². The molecule has 0 aliphatic heterocycles. The molecule has 3 aromatic rings. The van der Waals surface area contributed by atoms with E-state index in [-0.39, 0.29) is 23.5 Å². The number of thiophene rings is 1. The summed E-state index contributed by atoms with van der Waals surface area (Å²) in [5, 5.41) is 9.58. The van der Waals surface area contributed by atoms with Gasteiger partial charge in [0.1, 0.15) is 5.82 Å². The van der Waals surface area contributed by atoms with Crippen molar-refractivity contribution in [2.75, 3.05) is 5.75 Å². The Morgan fingerprint density at radius 2 is 2.15 bits per heavy atom. The highest BCUT2D eigenvalue weighted by Gasteiger charge is 2.33. The Hall–Kier alpha value is -2.19. The second-order valence-corrected chi connectivity index (χ2v) is 7.97. The summed E-state index contributed by atoms with van der Waals surface area (Å²) in [4.78, 5) is 19.9. The normalized spacial score (nSPS) is 13.7. The van der Waals surface area contributed by atoms with Crippen LogP contribution in [0.25, 0.3) is 10.7 Å². The summed E-state index contributed by atoms with van der Waals surface area (Å²) in [5.74, 6) is 0.670. The van der Waals surface area contributed by atoms with Crippen LogP contribution in [0.15, 0.2) is 46.9 Å². The Balaban J connectivity index is 1.39. The number of nitrogens with zero attached hydrogens (tertiary/aromatic N) is 3. The minimum atomic E-state index is -0.270. The van der Waals surface area contributed by atoms with Crippen LogP contribution in [0.5, 0.6) is 0 Å². The molecule has 134 valence electrons. The first-order chi connectivity index (χ1) is 12.7. The number of rotatable bonds is 7. The Morgan fingerprint density at radius 1 is 1.31 bits per heavy atom. The maximum atomic E-state index is 13.9. The standard InChI is InChI=1S/C18H17FN4OS2/c19-14-5-2-1-4-12(14)10-23(13-7-8-13)16(24)11-26-18-20-17(21-22-18)15-6-3-9-25-15/h1-6,9,13H,7-8,10-11H2,(H,20,21,22). The summed E-state index contributed by atoms with van der Waals surface area (Å²) >= 11 is 2.88. The molecule has 0 radical (unpaired) electrons. The number of aromatic amines is 1. The molecule has 0 atom stereocenters. The number of benzene rings is 1. The van der Waals surface area contributed by atoms with Crippen molar-refractivity contribution >= 4 is 29.0 Å². The number of nitrogens with one attached hydrogen (secondary N) is 1. The number of halogens is 1. The van der Waals surface area contributed by atoms with E-state index in [2.05, 4.69) is 15.2 Å². The van der Waals surface area contributed by atoms with Crippen molar-refractivity contribution in [2.24, 2.45) is 0 Å². The number of hydrogen-bond donors (Lipinski definition) is 1. The van der Waals surface area contributed by atoms with E-state index in [0.717, 1.165) is 17.7 Å². The van der Waals surface area contributed by atoms with Crippen molar-refractivity contribution in [3.05, 3.63) is 53.2 Å². The van der Waals surface area contributed by atoms with Gasteiger partial charge >= 0.3 is 0 Å². The molecule has 26 heavy (non-hydrogen) atoms. The van der Waals surface area contributed by atoms with Crippen molar-refractivity contribution in [2.45, 2.75) is 30.6 Å². The molecule has 0 unspecified atom stereocenters. The molecule has 1 N–H and O–H groups in total. The van der Waals surface area contributed by atoms with Crippen molar-refractivity contribution < 1.29 is 9.18 Å². The van der Waals surface area contributed by atoms with Gasteiger partial charge in [0, 0.05) is 18.2 Å². The Bertz CT molecular complexity index is 892. The first kappa shape index (κ1) is 17.2. The molecule has 1 aliphatic rings. The van der Waals surface area contributed by atoms with Gasteiger partial charge in [-0.3, -0.25) is 9.89 Å². The predicted molar refractivity (Wildman–Crippen MR) is 100 cm³/mol. The highest BCUT2D eigenvalue weighted by atomic mass is 32.2. The third-order valence-electron chi connectivity index (χ3n) is 4.15. The molecule has 5 nitrogen and oxygen atoms in total. The summed E-state index contributed by atoms with van der Waals surface area (Å²) < 4.78 is 13.9. The number of thioether (sulfide) groups is 1. The lowest BCUT2D eigenvalue weighted by atomic mass is 10.2. The van der Waals surface area contributed by atoms with Gasteiger partial charge in [-0.05, 0) is 30.4 Å². The predicted octanol–water partition coefficient (Wildman–Crippen LogP) is 3.96. The number of H-pyrrole nitrogens is 1. The molecular weight excluding hydrogens is 371 g/mol. The van der Waals surface area contributed by atoms with E-state index in [0.29, 0.717) is 23.1 Å². The average molecular weight is 388 g/mol. The first-order valence-electron chi connectivity index (χ1n) is 8.32. The monoisotopic (exact) mass is 388 g/mol. The van der Waals surface area contributed by atoms with Gasteiger partial charge in [0.2, 0.25) is 11.1 Å². The first-order valence-corrected chi connectivity index (χ1v) is 10.2. The lowest BCUT2D eigenvalue weighted by Crippen LogP contribution is -2.34. The molecular formula is C18H17FN4OS2. The van der Waals surface area contributed by atoms with Crippen LogP contribution in [-0.2, 0) is 11.3 Å². The Labute approximate surface area is 158 Å². The molecule has 1 fully saturated rings. The van der Waals surface area contributed by atoms with Gasteiger partial charge in [-0.25, -0.2) is 9.37 Å². The molecule has 2 aromatic heterocycles. The summed E-state index contributed by atoms with van der Waals surface area (Å²) in [6.07, 6.45) is 1.96. The molecule has 0 spiro atoms. The van der Waals surface area contributed by atoms with Crippen LogP contribution >= 0.6 is 23.1 Å². The minimum absolute atomic E-state index is 0.0109. The maximum Gasteiger partial charge on any atom is 0.233 e.